The number of hydrazone groups is 1. The number of carbonyl (C=O) groups excluding carboxylic acids is 1. The van der Waals surface area contributed by atoms with Gasteiger partial charge in [0, 0.05) is 23.6 Å². The van der Waals surface area contributed by atoms with Crippen molar-refractivity contribution in [1.82, 2.24) is 5.43 Å². The Morgan fingerprint density at radius 2 is 1.73 bits per heavy atom. The van der Waals surface area contributed by atoms with Gasteiger partial charge in [-0.3, -0.25) is 25.0 Å². The summed E-state index contributed by atoms with van der Waals surface area (Å²) in [5.41, 5.74) is 2.87. The molecule has 4 rings (SSSR count). The minimum absolute atomic E-state index is 0.0709. The monoisotopic (exact) mass is 450 g/mol. The quantitative estimate of drug-likeness (QED) is 0.248. The number of nitro benzene ring substituents is 2. The molecule has 0 aliphatic carbocycles. The zero-order valence-electron chi connectivity index (χ0n) is 16.9. The number of rotatable bonds is 7. The molecular weight excluding hydrogens is 436 g/mol. The van der Waals surface area contributed by atoms with Gasteiger partial charge in [-0.05, 0) is 30.3 Å². The molecule has 12 nitrogen and oxygen atoms in total. The first-order valence-electron chi connectivity index (χ1n) is 9.30. The molecular formula is C21H14N4O8. The maximum absolute atomic E-state index is 12.3. The van der Waals surface area contributed by atoms with Gasteiger partial charge in [0.2, 0.25) is 0 Å². The van der Waals surface area contributed by atoms with E-state index in [2.05, 4.69) is 10.5 Å². The smallest absolute Gasteiger partial charge is 0.307 e. The molecule has 0 bridgehead atoms. The van der Waals surface area contributed by atoms with Crippen LogP contribution in [0.1, 0.15) is 16.3 Å². The number of amides is 1. The van der Waals surface area contributed by atoms with Gasteiger partial charge in [-0.15, -0.1) is 0 Å². The van der Waals surface area contributed by atoms with E-state index in [0.717, 1.165) is 0 Å². The molecule has 0 radical (unpaired) electrons. The Morgan fingerprint density at radius 3 is 2.45 bits per heavy atom. The van der Waals surface area contributed by atoms with Gasteiger partial charge >= 0.3 is 5.91 Å². The number of hydrogen-bond acceptors (Lipinski definition) is 9. The lowest BCUT2D eigenvalue weighted by Gasteiger charge is -2.05. The van der Waals surface area contributed by atoms with Crippen molar-refractivity contribution in [3.8, 4) is 17.1 Å². The van der Waals surface area contributed by atoms with Crippen molar-refractivity contribution >= 4 is 34.5 Å². The standard InChI is InChI=1S/C21H14N4O8/c1-31-19-10-14(25(29)30)2-5-16(19)18-7-4-15(32-18)11-22-23-21(26)20-9-12-8-13(24(27)28)3-6-17(12)33-20/h2-11H,1H3,(H,23,26)/b22-11+. The van der Waals surface area contributed by atoms with Crippen LogP contribution < -0.4 is 10.2 Å². The molecule has 0 aliphatic heterocycles. The van der Waals surface area contributed by atoms with Crippen molar-refractivity contribution in [3.63, 3.8) is 0 Å². The number of benzene rings is 2. The van der Waals surface area contributed by atoms with Crippen LogP contribution in [0.25, 0.3) is 22.3 Å². The molecule has 1 N–H and O–H groups in total. The third kappa shape index (κ3) is 4.39. The van der Waals surface area contributed by atoms with Crippen molar-refractivity contribution in [1.29, 1.82) is 0 Å². The van der Waals surface area contributed by atoms with Crippen LogP contribution >= 0.6 is 0 Å². The lowest BCUT2D eigenvalue weighted by atomic mass is 10.1. The zero-order valence-corrected chi connectivity index (χ0v) is 16.9. The Labute approximate surface area is 184 Å². The molecule has 0 saturated heterocycles. The first kappa shape index (κ1) is 21.2. The molecule has 0 spiro atoms. The van der Waals surface area contributed by atoms with Gasteiger partial charge in [-0.1, -0.05) is 0 Å². The highest BCUT2D eigenvalue weighted by Crippen LogP contribution is 2.34. The number of non-ortho nitro benzene ring substituents is 2. The van der Waals surface area contributed by atoms with Gasteiger partial charge in [0.25, 0.3) is 11.4 Å². The Balaban J connectivity index is 1.47. The molecule has 0 unspecified atom stereocenters. The molecule has 12 heteroatoms. The van der Waals surface area contributed by atoms with E-state index < -0.39 is 15.8 Å². The largest absolute Gasteiger partial charge is 0.496 e. The summed E-state index contributed by atoms with van der Waals surface area (Å²) in [6.45, 7) is 0. The third-order valence-electron chi connectivity index (χ3n) is 4.58. The summed E-state index contributed by atoms with van der Waals surface area (Å²) >= 11 is 0. The number of nitrogens with zero attached hydrogens (tertiary/aromatic N) is 3. The molecule has 0 saturated carbocycles. The first-order chi connectivity index (χ1) is 15.9. The van der Waals surface area contributed by atoms with Crippen LogP contribution in [0.3, 0.4) is 0 Å². The minimum atomic E-state index is -0.658. The summed E-state index contributed by atoms with van der Waals surface area (Å²) in [6, 6.07) is 12.7. The van der Waals surface area contributed by atoms with Gasteiger partial charge < -0.3 is 13.6 Å². The number of furan rings is 2. The third-order valence-corrected chi connectivity index (χ3v) is 4.58. The number of carbonyl (C=O) groups is 1. The highest BCUT2D eigenvalue weighted by molar-refractivity contribution is 5.96. The van der Waals surface area contributed by atoms with Gasteiger partial charge in [0.15, 0.2) is 5.76 Å². The normalized spacial score (nSPS) is 11.1. The predicted octanol–water partition coefficient (Wildman–Crippen LogP) is 4.28. The van der Waals surface area contributed by atoms with E-state index in [0.29, 0.717) is 28.1 Å². The number of nitrogens with one attached hydrogen (secondary N) is 1. The Hall–Kier alpha value is -5.00. The second-order valence-electron chi connectivity index (χ2n) is 6.63. The summed E-state index contributed by atoms with van der Waals surface area (Å²) in [6.07, 6.45) is 1.26. The van der Waals surface area contributed by atoms with Crippen molar-refractivity contribution in [2.24, 2.45) is 5.10 Å². The number of nitro groups is 2. The van der Waals surface area contributed by atoms with E-state index in [-0.39, 0.29) is 22.9 Å². The second kappa shape index (κ2) is 8.63. The maximum atomic E-state index is 12.3. The summed E-state index contributed by atoms with van der Waals surface area (Å²) in [5.74, 6) is 0.215. The van der Waals surface area contributed by atoms with Crippen LogP contribution in [0.4, 0.5) is 11.4 Å². The lowest BCUT2D eigenvalue weighted by molar-refractivity contribution is -0.385. The van der Waals surface area contributed by atoms with Gasteiger partial charge in [0.1, 0.15) is 22.9 Å². The van der Waals surface area contributed by atoms with Crippen LogP contribution in [0.15, 0.2) is 68.5 Å². The Morgan fingerprint density at radius 1 is 1.00 bits per heavy atom. The average Bonchev–Trinajstić information content (AvgIpc) is 3.45. The Kier molecular flexibility index (Phi) is 5.55. The fraction of sp³-hybridized carbons (Fsp3) is 0.0476. The summed E-state index contributed by atoms with van der Waals surface area (Å²) in [7, 11) is 1.39. The first-order valence-corrected chi connectivity index (χ1v) is 9.30. The fourth-order valence-corrected chi connectivity index (χ4v) is 3.03. The summed E-state index contributed by atoms with van der Waals surface area (Å²) < 4.78 is 16.2. The van der Waals surface area contributed by atoms with E-state index >= 15 is 0 Å². The molecule has 166 valence electrons. The van der Waals surface area contributed by atoms with Crippen LogP contribution in [0, 0.1) is 20.2 Å². The number of ether oxygens (including phenoxy) is 1. The highest BCUT2D eigenvalue weighted by atomic mass is 16.6. The van der Waals surface area contributed by atoms with E-state index in [1.54, 1.807) is 12.1 Å². The van der Waals surface area contributed by atoms with Crippen molar-refractivity contribution < 1.29 is 28.2 Å². The lowest BCUT2D eigenvalue weighted by Crippen LogP contribution is -2.16. The minimum Gasteiger partial charge on any atom is -0.496 e. The molecule has 1 amide bonds. The van der Waals surface area contributed by atoms with Crippen molar-refractivity contribution in [2.75, 3.05) is 7.11 Å². The SMILES string of the molecule is COc1cc([N+](=O)[O-])ccc1-c1ccc(/C=N/NC(=O)c2cc3cc([N+](=O)[O-])ccc3o2)o1. The number of fused-ring (bicyclic) bond motifs is 1. The molecule has 0 aliphatic rings. The molecule has 2 aromatic heterocycles. The maximum Gasteiger partial charge on any atom is 0.307 e. The molecule has 4 aromatic rings. The topological polar surface area (TPSA) is 163 Å². The van der Waals surface area contributed by atoms with Gasteiger partial charge in [0.05, 0.1) is 34.8 Å². The predicted molar refractivity (Wildman–Crippen MR) is 115 cm³/mol. The molecule has 2 aromatic carbocycles. The van der Waals surface area contributed by atoms with E-state index in [1.165, 1.54) is 55.8 Å². The van der Waals surface area contributed by atoms with Crippen molar-refractivity contribution in [2.45, 2.75) is 0 Å². The highest BCUT2D eigenvalue weighted by Gasteiger charge is 2.16. The van der Waals surface area contributed by atoms with Gasteiger partial charge in [-0.25, -0.2) is 5.43 Å². The molecule has 0 atom stereocenters. The fourth-order valence-electron chi connectivity index (χ4n) is 3.03. The van der Waals surface area contributed by atoms with Crippen LogP contribution in [-0.4, -0.2) is 29.1 Å². The summed E-state index contributed by atoms with van der Waals surface area (Å²) in [4.78, 5) is 33.0. The molecule has 33 heavy (non-hydrogen) atoms. The van der Waals surface area contributed by atoms with E-state index in [1.807, 2.05) is 0 Å². The average molecular weight is 450 g/mol. The van der Waals surface area contributed by atoms with E-state index in [9.17, 15) is 25.0 Å². The summed E-state index contributed by atoms with van der Waals surface area (Å²) in [5, 5.41) is 26.0. The van der Waals surface area contributed by atoms with Crippen LogP contribution in [0.2, 0.25) is 0 Å². The number of methoxy groups -OCH3 is 1. The van der Waals surface area contributed by atoms with E-state index in [4.69, 9.17) is 13.6 Å². The molecule has 0 fully saturated rings. The van der Waals surface area contributed by atoms with Gasteiger partial charge in [-0.2, -0.15) is 5.10 Å². The second-order valence-corrected chi connectivity index (χ2v) is 6.63. The number of hydrogen-bond donors (Lipinski definition) is 1. The zero-order chi connectivity index (χ0) is 23.5. The van der Waals surface area contributed by atoms with Crippen LogP contribution in [-0.2, 0) is 0 Å². The Bertz CT molecular complexity index is 1420. The van der Waals surface area contributed by atoms with Crippen molar-refractivity contribution in [3.05, 3.63) is 86.3 Å². The van der Waals surface area contributed by atoms with Crippen LogP contribution in [0.5, 0.6) is 5.75 Å². The molecule has 2 heterocycles.